The minimum absolute atomic E-state index is 0.0100. The Labute approximate surface area is 146 Å². The molecule has 0 aliphatic carbocycles. The van der Waals surface area contributed by atoms with E-state index in [0.717, 1.165) is 5.56 Å². The largest absolute Gasteiger partial charge is 0.343 e. The lowest BCUT2D eigenvalue weighted by atomic mass is 10.1. The zero-order valence-electron chi connectivity index (χ0n) is 13.9. The van der Waals surface area contributed by atoms with Gasteiger partial charge in [-0.05, 0) is 17.7 Å². The molecule has 3 amide bonds. The van der Waals surface area contributed by atoms with Crippen LogP contribution < -0.4 is 5.32 Å². The molecule has 0 spiro atoms. The van der Waals surface area contributed by atoms with Crippen molar-refractivity contribution in [2.75, 3.05) is 20.1 Å². The predicted octanol–water partition coefficient (Wildman–Crippen LogP) is 1.42. The molecule has 6 nitrogen and oxygen atoms in total. The number of amides is 3. The van der Waals surface area contributed by atoms with Gasteiger partial charge in [-0.15, -0.1) is 0 Å². The molecule has 1 N–H and O–H groups in total. The van der Waals surface area contributed by atoms with Gasteiger partial charge in [-0.25, -0.2) is 0 Å². The van der Waals surface area contributed by atoms with E-state index in [1.54, 1.807) is 36.2 Å². The first-order chi connectivity index (χ1) is 12.1. The van der Waals surface area contributed by atoms with Crippen LogP contribution in [0.3, 0.4) is 0 Å². The summed E-state index contributed by atoms with van der Waals surface area (Å²) in [5.74, 6) is -0.739. The highest BCUT2D eigenvalue weighted by molar-refractivity contribution is 5.97. The number of carbonyl (C=O) groups is 3. The van der Waals surface area contributed by atoms with Crippen LogP contribution in [0.5, 0.6) is 0 Å². The third kappa shape index (κ3) is 3.52. The first-order valence-corrected chi connectivity index (χ1v) is 8.01. The van der Waals surface area contributed by atoms with Crippen molar-refractivity contribution < 1.29 is 14.4 Å². The molecule has 1 unspecified atom stereocenters. The van der Waals surface area contributed by atoms with Crippen LogP contribution in [0.15, 0.2) is 60.7 Å². The molecule has 6 heteroatoms. The van der Waals surface area contributed by atoms with Crippen LogP contribution in [-0.2, 0) is 9.59 Å². The Morgan fingerprint density at radius 1 is 1.04 bits per heavy atom. The van der Waals surface area contributed by atoms with Crippen LogP contribution in [0.2, 0.25) is 0 Å². The number of carbonyl (C=O) groups excluding carboxylic acids is 3. The minimum atomic E-state index is -0.449. The molecular formula is C19H19N3O3. The Bertz CT molecular complexity index is 777. The maximum atomic E-state index is 12.6. The van der Waals surface area contributed by atoms with Crippen molar-refractivity contribution in [1.82, 2.24) is 15.1 Å². The second kappa shape index (κ2) is 7.17. The normalized spacial score (nSPS) is 16.8. The molecule has 128 valence electrons. The molecule has 0 radical (unpaired) electrons. The molecule has 2 aromatic rings. The summed E-state index contributed by atoms with van der Waals surface area (Å²) >= 11 is 0. The van der Waals surface area contributed by atoms with Gasteiger partial charge in [0.15, 0.2) is 0 Å². The van der Waals surface area contributed by atoms with Crippen molar-refractivity contribution in [2.45, 2.75) is 6.17 Å². The Morgan fingerprint density at radius 3 is 2.28 bits per heavy atom. The Morgan fingerprint density at radius 2 is 1.64 bits per heavy atom. The number of hydrogen-bond donors (Lipinski definition) is 1. The summed E-state index contributed by atoms with van der Waals surface area (Å²) in [6, 6.07) is 18.1. The molecular weight excluding hydrogens is 318 g/mol. The molecule has 1 saturated heterocycles. The number of nitrogens with one attached hydrogen (secondary N) is 1. The number of benzene rings is 2. The predicted molar refractivity (Wildman–Crippen MR) is 92.4 cm³/mol. The van der Waals surface area contributed by atoms with E-state index < -0.39 is 6.17 Å². The van der Waals surface area contributed by atoms with E-state index in [-0.39, 0.29) is 30.8 Å². The summed E-state index contributed by atoms with van der Waals surface area (Å²) in [4.78, 5) is 39.8. The molecule has 1 aliphatic heterocycles. The molecule has 1 fully saturated rings. The van der Waals surface area contributed by atoms with E-state index in [1.807, 2.05) is 36.4 Å². The van der Waals surface area contributed by atoms with Gasteiger partial charge in [-0.2, -0.15) is 0 Å². The fourth-order valence-corrected chi connectivity index (χ4v) is 2.89. The monoisotopic (exact) mass is 337 g/mol. The fourth-order valence-electron chi connectivity index (χ4n) is 2.89. The van der Waals surface area contributed by atoms with E-state index in [9.17, 15) is 14.4 Å². The van der Waals surface area contributed by atoms with E-state index >= 15 is 0 Å². The number of hydrogen-bond acceptors (Lipinski definition) is 3. The van der Waals surface area contributed by atoms with Gasteiger partial charge in [0.1, 0.15) is 12.7 Å². The SMILES string of the molecule is CN1C(=O)CN(C(=O)CNC(=O)c2ccccc2)C1c1ccccc1. The molecule has 0 aromatic heterocycles. The van der Waals surface area contributed by atoms with Crippen LogP contribution >= 0.6 is 0 Å². The highest BCUT2D eigenvalue weighted by Crippen LogP contribution is 2.29. The van der Waals surface area contributed by atoms with Crippen LogP contribution in [0.1, 0.15) is 22.1 Å². The van der Waals surface area contributed by atoms with Crippen molar-refractivity contribution in [3.05, 3.63) is 71.8 Å². The summed E-state index contributed by atoms with van der Waals surface area (Å²) in [5, 5.41) is 2.62. The third-order valence-electron chi connectivity index (χ3n) is 4.22. The van der Waals surface area contributed by atoms with Crippen LogP contribution in [0, 0.1) is 0 Å². The zero-order valence-corrected chi connectivity index (χ0v) is 13.9. The topological polar surface area (TPSA) is 69.7 Å². The lowest BCUT2D eigenvalue weighted by Crippen LogP contribution is -2.41. The Hall–Kier alpha value is -3.15. The van der Waals surface area contributed by atoms with Gasteiger partial charge in [0, 0.05) is 12.6 Å². The van der Waals surface area contributed by atoms with Crippen molar-refractivity contribution in [1.29, 1.82) is 0 Å². The fraction of sp³-hybridized carbons (Fsp3) is 0.211. The first-order valence-electron chi connectivity index (χ1n) is 8.01. The third-order valence-corrected chi connectivity index (χ3v) is 4.22. The molecule has 25 heavy (non-hydrogen) atoms. The van der Waals surface area contributed by atoms with Gasteiger partial charge in [-0.3, -0.25) is 14.4 Å². The second-order valence-corrected chi connectivity index (χ2v) is 5.86. The molecule has 0 saturated carbocycles. The van der Waals surface area contributed by atoms with Crippen molar-refractivity contribution in [3.63, 3.8) is 0 Å². The summed E-state index contributed by atoms with van der Waals surface area (Å²) in [6.07, 6.45) is -0.449. The van der Waals surface area contributed by atoms with Crippen LogP contribution in [-0.4, -0.2) is 47.7 Å². The number of rotatable bonds is 4. The molecule has 2 aromatic carbocycles. The van der Waals surface area contributed by atoms with E-state index in [4.69, 9.17) is 0 Å². The van der Waals surface area contributed by atoms with Gasteiger partial charge < -0.3 is 15.1 Å². The lowest BCUT2D eigenvalue weighted by molar-refractivity contribution is -0.132. The average Bonchev–Trinajstić information content (AvgIpc) is 2.96. The highest BCUT2D eigenvalue weighted by atomic mass is 16.2. The first kappa shape index (κ1) is 16.7. The van der Waals surface area contributed by atoms with Gasteiger partial charge in [-0.1, -0.05) is 48.5 Å². The summed E-state index contributed by atoms with van der Waals surface area (Å²) in [5.41, 5.74) is 1.35. The van der Waals surface area contributed by atoms with E-state index in [1.165, 1.54) is 4.90 Å². The quantitative estimate of drug-likeness (QED) is 0.917. The van der Waals surface area contributed by atoms with E-state index in [2.05, 4.69) is 5.32 Å². The van der Waals surface area contributed by atoms with Gasteiger partial charge in [0.05, 0.1) is 6.54 Å². The Kier molecular flexibility index (Phi) is 4.79. The maximum absolute atomic E-state index is 12.6. The summed E-state index contributed by atoms with van der Waals surface area (Å²) in [7, 11) is 1.68. The van der Waals surface area contributed by atoms with Crippen LogP contribution in [0.25, 0.3) is 0 Å². The molecule has 1 aliphatic rings. The minimum Gasteiger partial charge on any atom is -0.343 e. The Balaban J connectivity index is 1.70. The van der Waals surface area contributed by atoms with Gasteiger partial charge in [0.25, 0.3) is 5.91 Å². The summed E-state index contributed by atoms with van der Waals surface area (Å²) < 4.78 is 0. The van der Waals surface area contributed by atoms with Crippen molar-refractivity contribution in [2.24, 2.45) is 0 Å². The van der Waals surface area contributed by atoms with Crippen molar-refractivity contribution in [3.8, 4) is 0 Å². The van der Waals surface area contributed by atoms with Crippen LogP contribution in [0.4, 0.5) is 0 Å². The number of likely N-dealkylation sites (N-methyl/N-ethyl adjacent to an activating group) is 1. The van der Waals surface area contributed by atoms with Gasteiger partial charge in [0.2, 0.25) is 11.8 Å². The molecule has 1 atom stereocenters. The highest BCUT2D eigenvalue weighted by Gasteiger charge is 2.39. The molecule has 3 rings (SSSR count). The van der Waals surface area contributed by atoms with Gasteiger partial charge >= 0.3 is 0 Å². The molecule has 1 heterocycles. The average molecular weight is 337 g/mol. The second-order valence-electron chi connectivity index (χ2n) is 5.86. The van der Waals surface area contributed by atoms with E-state index in [0.29, 0.717) is 5.56 Å². The maximum Gasteiger partial charge on any atom is 0.251 e. The lowest BCUT2D eigenvalue weighted by Gasteiger charge is -2.28. The smallest absolute Gasteiger partial charge is 0.251 e. The molecule has 0 bridgehead atoms. The standard InChI is InChI=1S/C19H19N3O3/c1-21-17(24)13-22(19(21)15-10-6-3-7-11-15)16(23)12-20-18(25)14-8-4-2-5-9-14/h2-11,19H,12-13H2,1H3,(H,20,25). The van der Waals surface area contributed by atoms with Crippen molar-refractivity contribution >= 4 is 17.7 Å². The summed E-state index contributed by atoms with van der Waals surface area (Å²) in [6.45, 7) is -0.145. The zero-order chi connectivity index (χ0) is 17.8. The number of nitrogens with zero attached hydrogens (tertiary/aromatic N) is 2.